The van der Waals surface area contributed by atoms with Gasteiger partial charge in [-0.2, -0.15) is 5.10 Å². The molecule has 1 amide bonds. The number of ether oxygens (including phenoxy) is 1. The van der Waals surface area contributed by atoms with Gasteiger partial charge in [-0.15, -0.1) is 0 Å². The highest BCUT2D eigenvalue weighted by Crippen LogP contribution is 2.28. The van der Waals surface area contributed by atoms with Gasteiger partial charge in [0.25, 0.3) is 0 Å². The first kappa shape index (κ1) is 19.1. The predicted molar refractivity (Wildman–Crippen MR) is 120 cm³/mol. The summed E-state index contributed by atoms with van der Waals surface area (Å²) in [6.07, 6.45) is 1.53. The summed E-state index contributed by atoms with van der Waals surface area (Å²) in [6, 6.07) is 19.4. The lowest BCUT2D eigenvalue weighted by molar-refractivity contribution is 0.100. The number of pyridine rings is 1. The van der Waals surface area contributed by atoms with Crippen LogP contribution in [0.3, 0.4) is 0 Å². The first-order valence-corrected chi connectivity index (χ1v) is 10.1. The Labute approximate surface area is 179 Å². The highest BCUT2D eigenvalue weighted by molar-refractivity contribution is 5.93. The van der Waals surface area contributed by atoms with Gasteiger partial charge < -0.3 is 20.7 Å². The smallest absolute Gasteiger partial charge is 0.248 e. The Kier molecular flexibility index (Phi) is 4.97. The maximum atomic E-state index is 11.3. The van der Waals surface area contributed by atoms with Crippen LogP contribution in [0.1, 0.15) is 10.4 Å². The molecule has 156 valence electrons. The second kappa shape index (κ2) is 8.08. The van der Waals surface area contributed by atoms with Gasteiger partial charge in [0, 0.05) is 35.6 Å². The van der Waals surface area contributed by atoms with E-state index < -0.39 is 5.91 Å². The van der Waals surface area contributed by atoms with Crippen LogP contribution in [0.25, 0.3) is 16.9 Å². The number of nitrogens with zero attached hydrogens (tertiary/aromatic N) is 4. The fourth-order valence-corrected chi connectivity index (χ4v) is 3.76. The van der Waals surface area contributed by atoms with Crippen LogP contribution < -0.4 is 16.0 Å². The normalized spacial score (nSPS) is 14.0. The van der Waals surface area contributed by atoms with Gasteiger partial charge in [-0.3, -0.25) is 4.79 Å². The molecule has 0 spiro atoms. The maximum absolute atomic E-state index is 11.3. The molecule has 3 heterocycles. The molecule has 1 saturated heterocycles. The Morgan fingerprint density at radius 3 is 2.42 bits per heavy atom. The van der Waals surface area contributed by atoms with Gasteiger partial charge in [0.15, 0.2) is 5.65 Å². The summed E-state index contributed by atoms with van der Waals surface area (Å²) in [7, 11) is 0. The highest BCUT2D eigenvalue weighted by Gasteiger charge is 2.13. The molecule has 0 unspecified atom stereocenters. The van der Waals surface area contributed by atoms with Crippen LogP contribution in [0.4, 0.5) is 17.1 Å². The van der Waals surface area contributed by atoms with Crippen LogP contribution in [0.2, 0.25) is 0 Å². The number of carbonyl (C=O) groups is 1. The van der Waals surface area contributed by atoms with E-state index in [-0.39, 0.29) is 0 Å². The Balaban J connectivity index is 1.40. The average molecular weight is 414 g/mol. The molecule has 1 aliphatic heterocycles. The van der Waals surface area contributed by atoms with Crippen molar-refractivity contribution in [1.29, 1.82) is 0 Å². The molecule has 31 heavy (non-hydrogen) atoms. The number of hydrogen-bond donors (Lipinski definition) is 2. The van der Waals surface area contributed by atoms with Gasteiger partial charge in [-0.1, -0.05) is 12.1 Å². The van der Waals surface area contributed by atoms with E-state index in [1.165, 1.54) is 12.0 Å². The Morgan fingerprint density at radius 1 is 0.968 bits per heavy atom. The van der Waals surface area contributed by atoms with Crippen molar-refractivity contribution < 1.29 is 9.53 Å². The van der Waals surface area contributed by atoms with E-state index in [1.807, 2.05) is 24.3 Å². The number of morpholine rings is 1. The number of amides is 1. The van der Waals surface area contributed by atoms with Gasteiger partial charge in [0.05, 0.1) is 24.6 Å². The minimum atomic E-state index is -0.448. The number of benzene rings is 2. The number of nitrogens with two attached hydrogens (primary N) is 1. The molecule has 8 heteroatoms. The van der Waals surface area contributed by atoms with Crippen molar-refractivity contribution in [3.05, 3.63) is 72.6 Å². The molecular formula is C23H22N6O2. The molecule has 5 rings (SSSR count). The lowest BCUT2D eigenvalue weighted by Gasteiger charge is -2.28. The summed E-state index contributed by atoms with van der Waals surface area (Å²) in [6.45, 7) is 3.36. The molecule has 0 atom stereocenters. The maximum Gasteiger partial charge on any atom is 0.248 e. The number of hydrogen-bond acceptors (Lipinski definition) is 6. The molecule has 4 aromatic rings. The first-order valence-electron chi connectivity index (χ1n) is 10.1. The predicted octanol–water partition coefficient (Wildman–Crippen LogP) is 3.08. The monoisotopic (exact) mass is 414 g/mol. The number of primary amides is 1. The molecule has 1 aliphatic rings. The lowest BCUT2D eigenvalue weighted by Crippen LogP contribution is -2.36. The number of rotatable bonds is 5. The van der Waals surface area contributed by atoms with E-state index in [9.17, 15) is 4.79 Å². The van der Waals surface area contributed by atoms with Crippen LogP contribution in [-0.2, 0) is 4.74 Å². The van der Waals surface area contributed by atoms with Gasteiger partial charge in [0.1, 0.15) is 6.33 Å². The second-order valence-corrected chi connectivity index (χ2v) is 7.34. The SMILES string of the molecule is NC(=O)c1ccc(-c2ccc(Nc3ccc(N4CCOCC4)cc3)c3ncnn23)cc1. The van der Waals surface area contributed by atoms with Crippen molar-refractivity contribution in [3.8, 4) is 11.3 Å². The fraction of sp³-hybridized carbons (Fsp3) is 0.174. The molecule has 0 aliphatic carbocycles. The molecule has 8 nitrogen and oxygen atoms in total. The van der Waals surface area contributed by atoms with Crippen LogP contribution in [0.15, 0.2) is 67.0 Å². The first-order chi connectivity index (χ1) is 15.2. The third-order valence-electron chi connectivity index (χ3n) is 5.41. The summed E-state index contributed by atoms with van der Waals surface area (Å²) in [5.74, 6) is -0.448. The van der Waals surface area contributed by atoms with Crippen LogP contribution >= 0.6 is 0 Å². The van der Waals surface area contributed by atoms with E-state index in [2.05, 4.69) is 44.6 Å². The third-order valence-corrected chi connectivity index (χ3v) is 5.41. The van der Waals surface area contributed by atoms with Crippen LogP contribution in [0.5, 0.6) is 0 Å². The Hall–Kier alpha value is -3.91. The van der Waals surface area contributed by atoms with E-state index in [1.54, 1.807) is 16.6 Å². The van der Waals surface area contributed by atoms with E-state index in [0.717, 1.165) is 48.9 Å². The Morgan fingerprint density at radius 2 is 1.71 bits per heavy atom. The van der Waals surface area contributed by atoms with E-state index in [4.69, 9.17) is 10.5 Å². The van der Waals surface area contributed by atoms with Crippen molar-refractivity contribution in [2.75, 3.05) is 36.5 Å². The molecular weight excluding hydrogens is 392 g/mol. The highest BCUT2D eigenvalue weighted by atomic mass is 16.5. The summed E-state index contributed by atoms with van der Waals surface area (Å²) < 4.78 is 7.21. The van der Waals surface area contributed by atoms with Crippen LogP contribution in [-0.4, -0.2) is 46.8 Å². The van der Waals surface area contributed by atoms with Crippen molar-refractivity contribution in [2.24, 2.45) is 5.73 Å². The Bertz CT molecular complexity index is 1210. The number of nitrogens with one attached hydrogen (secondary N) is 1. The van der Waals surface area contributed by atoms with Crippen molar-refractivity contribution in [2.45, 2.75) is 0 Å². The number of fused-ring (bicyclic) bond motifs is 1. The van der Waals surface area contributed by atoms with Gasteiger partial charge >= 0.3 is 0 Å². The fourth-order valence-electron chi connectivity index (χ4n) is 3.76. The number of carbonyl (C=O) groups excluding carboxylic acids is 1. The van der Waals surface area contributed by atoms with E-state index >= 15 is 0 Å². The largest absolute Gasteiger partial charge is 0.378 e. The summed E-state index contributed by atoms with van der Waals surface area (Å²) in [5.41, 5.74) is 11.3. The summed E-state index contributed by atoms with van der Waals surface area (Å²) in [5, 5.41) is 7.82. The van der Waals surface area contributed by atoms with Gasteiger partial charge in [-0.05, 0) is 48.5 Å². The van der Waals surface area contributed by atoms with E-state index in [0.29, 0.717) is 11.2 Å². The van der Waals surface area contributed by atoms with Crippen molar-refractivity contribution in [1.82, 2.24) is 14.6 Å². The molecule has 0 saturated carbocycles. The minimum absolute atomic E-state index is 0.448. The number of anilines is 3. The molecule has 2 aromatic heterocycles. The van der Waals surface area contributed by atoms with Gasteiger partial charge in [0.2, 0.25) is 5.91 Å². The zero-order chi connectivity index (χ0) is 21.2. The molecule has 0 bridgehead atoms. The number of aromatic nitrogens is 3. The molecule has 0 radical (unpaired) electrons. The topological polar surface area (TPSA) is 97.8 Å². The lowest BCUT2D eigenvalue weighted by atomic mass is 10.1. The minimum Gasteiger partial charge on any atom is -0.378 e. The van der Waals surface area contributed by atoms with Crippen molar-refractivity contribution in [3.63, 3.8) is 0 Å². The van der Waals surface area contributed by atoms with Gasteiger partial charge in [-0.25, -0.2) is 9.50 Å². The van der Waals surface area contributed by atoms with Crippen molar-refractivity contribution >= 4 is 28.6 Å². The summed E-state index contributed by atoms with van der Waals surface area (Å²) in [4.78, 5) is 18.1. The zero-order valence-corrected chi connectivity index (χ0v) is 16.9. The summed E-state index contributed by atoms with van der Waals surface area (Å²) >= 11 is 0. The molecule has 3 N–H and O–H groups in total. The average Bonchev–Trinajstić information content (AvgIpc) is 3.31. The second-order valence-electron chi connectivity index (χ2n) is 7.34. The quantitative estimate of drug-likeness (QED) is 0.521. The zero-order valence-electron chi connectivity index (χ0n) is 16.9. The molecule has 1 fully saturated rings. The van der Waals surface area contributed by atoms with Crippen LogP contribution in [0, 0.1) is 0 Å². The standard InChI is InChI=1S/C23H22N6O2/c24-22(30)17-3-1-16(2-4-17)21-10-9-20(23-25-15-26-29(21)23)27-18-5-7-19(8-6-18)28-11-13-31-14-12-28/h1-10,15,27H,11-14H2,(H2,24,30). The third kappa shape index (κ3) is 3.80. The molecule has 2 aromatic carbocycles.